The second kappa shape index (κ2) is 4.78. The van der Waals surface area contributed by atoms with Gasteiger partial charge in [-0.3, -0.25) is 0 Å². The van der Waals surface area contributed by atoms with Gasteiger partial charge in [0.1, 0.15) is 6.10 Å². The van der Waals surface area contributed by atoms with Crippen LogP contribution in [-0.2, 0) is 5.88 Å². The molecule has 3 rings (SSSR count). The van der Waals surface area contributed by atoms with E-state index in [-0.39, 0.29) is 11.5 Å². The van der Waals surface area contributed by atoms with E-state index in [4.69, 9.17) is 27.9 Å². The summed E-state index contributed by atoms with van der Waals surface area (Å²) in [7, 11) is 0. The molecular weight excluding hydrogens is 293 g/mol. The third-order valence-electron chi connectivity index (χ3n) is 6.03. The second-order valence-electron chi connectivity index (χ2n) is 6.96. The molecule has 2 fully saturated rings. The van der Waals surface area contributed by atoms with Gasteiger partial charge in [0.25, 0.3) is 0 Å². The van der Waals surface area contributed by atoms with Crippen LogP contribution in [-0.4, -0.2) is 11.1 Å². The third kappa shape index (κ3) is 1.95. The van der Waals surface area contributed by atoms with E-state index in [1.165, 1.54) is 12.8 Å². The molecule has 2 aliphatic rings. The molecule has 110 valence electrons. The molecule has 0 radical (unpaired) electrons. The van der Waals surface area contributed by atoms with Crippen LogP contribution in [0.4, 0.5) is 0 Å². The van der Waals surface area contributed by atoms with Crippen molar-refractivity contribution in [1.82, 2.24) is 4.98 Å². The van der Waals surface area contributed by atoms with E-state index in [0.717, 1.165) is 17.9 Å². The number of pyridine rings is 1. The molecule has 2 saturated carbocycles. The average molecular weight is 314 g/mol. The van der Waals surface area contributed by atoms with Crippen LogP contribution in [0.1, 0.15) is 45.6 Å². The molecule has 1 aromatic rings. The van der Waals surface area contributed by atoms with E-state index in [1.54, 1.807) is 6.20 Å². The molecule has 3 unspecified atom stereocenters. The number of ether oxygens (including phenoxy) is 1. The van der Waals surface area contributed by atoms with Crippen LogP contribution in [0.15, 0.2) is 12.3 Å². The first-order chi connectivity index (χ1) is 9.38. The summed E-state index contributed by atoms with van der Waals surface area (Å²) in [4.78, 5) is 4.30. The lowest BCUT2D eigenvalue weighted by atomic mass is 9.70. The Morgan fingerprint density at radius 1 is 1.40 bits per heavy atom. The number of rotatable bonds is 3. The molecule has 20 heavy (non-hydrogen) atoms. The number of halogens is 2. The van der Waals surface area contributed by atoms with Gasteiger partial charge >= 0.3 is 0 Å². The molecule has 0 amide bonds. The molecule has 0 aliphatic heterocycles. The van der Waals surface area contributed by atoms with Crippen LogP contribution >= 0.6 is 23.2 Å². The van der Waals surface area contributed by atoms with Crippen molar-refractivity contribution in [1.29, 1.82) is 0 Å². The lowest BCUT2D eigenvalue weighted by Crippen LogP contribution is -2.39. The van der Waals surface area contributed by atoms with E-state index in [2.05, 4.69) is 25.8 Å². The smallest absolute Gasteiger partial charge is 0.213 e. The van der Waals surface area contributed by atoms with Crippen molar-refractivity contribution in [2.45, 2.75) is 52.0 Å². The average Bonchev–Trinajstić information content (AvgIpc) is 2.74. The summed E-state index contributed by atoms with van der Waals surface area (Å²) in [5.41, 5.74) is 1.46. The Morgan fingerprint density at radius 3 is 2.70 bits per heavy atom. The van der Waals surface area contributed by atoms with Gasteiger partial charge < -0.3 is 4.74 Å². The number of fused-ring (bicyclic) bond motifs is 2. The molecule has 0 spiro atoms. The van der Waals surface area contributed by atoms with Gasteiger partial charge in [0.2, 0.25) is 5.88 Å². The van der Waals surface area contributed by atoms with Crippen LogP contribution in [0.25, 0.3) is 0 Å². The maximum absolute atomic E-state index is 6.22. The van der Waals surface area contributed by atoms with Gasteiger partial charge in [0.05, 0.1) is 5.02 Å². The highest BCUT2D eigenvalue weighted by molar-refractivity contribution is 6.32. The third-order valence-corrected chi connectivity index (χ3v) is 6.66. The Morgan fingerprint density at radius 2 is 2.15 bits per heavy atom. The quantitative estimate of drug-likeness (QED) is 0.727. The van der Waals surface area contributed by atoms with Crippen LogP contribution in [0, 0.1) is 16.7 Å². The predicted octanol–water partition coefficient (Wildman–Crippen LogP) is 5.07. The van der Waals surface area contributed by atoms with Crippen molar-refractivity contribution in [3.05, 3.63) is 22.8 Å². The van der Waals surface area contributed by atoms with Crippen LogP contribution in [0.3, 0.4) is 0 Å². The second-order valence-corrected chi connectivity index (χ2v) is 7.64. The van der Waals surface area contributed by atoms with Gasteiger partial charge in [-0.15, -0.1) is 11.6 Å². The summed E-state index contributed by atoms with van der Waals surface area (Å²) in [5.74, 6) is 1.80. The van der Waals surface area contributed by atoms with Gasteiger partial charge in [0.15, 0.2) is 0 Å². The highest BCUT2D eigenvalue weighted by atomic mass is 35.5. The Labute approximate surface area is 130 Å². The molecule has 0 aromatic carbocycles. The highest BCUT2D eigenvalue weighted by Gasteiger charge is 2.62. The number of alkyl halides is 1. The summed E-state index contributed by atoms with van der Waals surface area (Å²) in [5, 5.41) is 0.604. The van der Waals surface area contributed by atoms with E-state index in [0.29, 0.717) is 22.2 Å². The predicted molar refractivity (Wildman–Crippen MR) is 82.4 cm³/mol. The normalized spacial score (nSPS) is 34.5. The number of hydrogen-bond acceptors (Lipinski definition) is 2. The van der Waals surface area contributed by atoms with E-state index in [1.807, 2.05) is 6.07 Å². The largest absolute Gasteiger partial charge is 0.474 e. The Bertz CT molecular complexity index is 531. The summed E-state index contributed by atoms with van der Waals surface area (Å²) < 4.78 is 6.22. The minimum atomic E-state index is 0.236. The lowest BCUT2D eigenvalue weighted by Gasteiger charge is -2.38. The van der Waals surface area contributed by atoms with Crippen molar-refractivity contribution in [2.75, 3.05) is 0 Å². The SMILES string of the molecule is CC1(C)C2CCC1(C)C(Oc1cc(CCl)c(Cl)cn1)C2. The van der Waals surface area contributed by atoms with E-state index in [9.17, 15) is 0 Å². The van der Waals surface area contributed by atoms with Crippen molar-refractivity contribution in [3.63, 3.8) is 0 Å². The van der Waals surface area contributed by atoms with Crippen LogP contribution in [0.5, 0.6) is 5.88 Å². The molecule has 1 aromatic heterocycles. The highest BCUT2D eigenvalue weighted by Crippen LogP contribution is 2.66. The first-order valence-corrected chi connectivity index (χ1v) is 8.17. The summed E-state index contributed by atoms with van der Waals surface area (Å²) in [6.07, 6.45) is 5.57. The molecule has 0 saturated heterocycles. The van der Waals surface area contributed by atoms with Crippen molar-refractivity contribution in [2.24, 2.45) is 16.7 Å². The maximum Gasteiger partial charge on any atom is 0.213 e. The van der Waals surface area contributed by atoms with E-state index < -0.39 is 0 Å². The zero-order valence-corrected chi connectivity index (χ0v) is 13.8. The fourth-order valence-corrected chi connectivity index (χ4v) is 4.54. The minimum Gasteiger partial charge on any atom is -0.474 e. The lowest BCUT2D eigenvalue weighted by molar-refractivity contribution is 0.0273. The standard InChI is InChI=1S/C16H21Cl2NO/c1-15(2)11-4-5-16(15,3)13(7-11)20-14-6-10(8-17)12(18)9-19-14/h6,9,11,13H,4-5,7-8H2,1-3H3. The molecule has 4 heteroatoms. The van der Waals surface area contributed by atoms with Gasteiger partial charge in [-0.1, -0.05) is 32.4 Å². The molecule has 1 heterocycles. The number of aromatic nitrogens is 1. The zero-order chi connectivity index (χ0) is 14.5. The molecule has 2 aliphatic carbocycles. The van der Waals surface area contributed by atoms with Gasteiger partial charge in [-0.05, 0) is 36.2 Å². The number of nitrogens with zero attached hydrogens (tertiary/aromatic N) is 1. The first-order valence-electron chi connectivity index (χ1n) is 7.25. The molecule has 2 bridgehead atoms. The van der Waals surface area contributed by atoms with Gasteiger partial charge in [0, 0.05) is 23.6 Å². The number of hydrogen-bond donors (Lipinski definition) is 0. The molecule has 3 atom stereocenters. The fourth-order valence-electron chi connectivity index (χ4n) is 4.08. The van der Waals surface area contributed by atoms with E-state index >= 15 is 0 Å². The van der Waals surface area contributed by atoms with Gasteiger partial charge in [-0.25, -0.2) is 4.98 Å². The summed E-state index contributed by atoms with van der Waals surface area (Å²) in [6, 6.07) is 1.87. The Hall–Kier alpha value is -0.470. The summed E-state index contributed by atoms with van der Waals surface area (Å²) in [6.45, 7) is 7.13. The Kier molecular flexibility index (Phi) is 3.45. The Balaban J connectivity index is 1.83. The van der Waals surface area contributed by atoms with Gasteiger partial charge in [-0.2, -0.15) is 0 Å². The van der Waals surface area contributed by atoms with Crippen molar-refractivity contribution >= 4 is 23.2 Å². The molecule has 2 nitrogen and oxygen atoms in total. The fraction of sp³-hybridized carbons (Fsp3) is 0.688. The summed E-state index contributed by atoms with van der Waals surface area (Å²) >= 11 is 11.9. The molecule has 0 N–H and O–H groups in total. The zero-order valence-electron chi connectivity index (χ0n) is 12.2. The van der Waals surface area contributed by atoms with Crippen LogP contribution in [0.2, 0.25) is 5.02 Å². The first kappa shape index (κ1) is 14.5. The van der Waals surface area contributed by atoms with Crippen LogP contribution < -0.4 is 4.74 Å². The van der Waals surface area contributed by atoms with Crippen molar-refractivity contribution < 1.29 is 4.74 Å². The maximum atomic E-state index is 6.22. The topological polar surface area (TPSA) is 22.1 Å². The molecular formula is C16H21Cl2NO. The minimum absolute atomic E-state index is 0.236. The van der Waals surface area contributed by atoms with Crippen molar-refractivity contribution in [3.8, 4) is 5.88 Å². The monoisotopic (exact) mass is 313 g/mol.